The summed E-state index contributed by atoms with van der Waals surface area (Å²) in [6.45, 7) is 2.22. The predicted octanol–water partition coefficient (Wildman–Crippen LogP) is 2.99. The summed E-state index contributed by atoms with van der Waals surface area (Å²) in [4.78, 5) is 0.151. The van der Waals surface area contributed by atoms with Crippen LogP contribution in [0.1, 0.15) is 11.1 Å². The number of hydrogen-bond acceptors (Lipinski definition) is 5. The molecule has 3 aromatic rings. The first-order valence-corrected chi connectivity index (χ1v) is 11.1. The van der Waals surface area contributed by atoms with Crippen molar-refractivity contribution in [2.75, 3.05) is 27.3 Å². The highest BCUT2D eigenvalue weighted by molar-refractivity contribution is 7.90. The predicted molar refractivity (Wildman–Crippen MR) is 115 cm³/mol. The molecule has 0 amide bonds. The van der Waals surface area contributed by atoms with Crippen LogP contribution in [-0.4, -0.2) is 39.7 Å². The minimum Gasteiger partial charge on any atom is -0.383 e. The number of nitrogens with zero attached hydrogens (tertiary/aromatic N) is 1. The van der Waals surface area contributed by atoms with Crippen LogP contribution >= 0.6 is 0 Å². The Labute approximate surface area is 176 Å². The molecule has 8 heteroatoms. The van der Waals surface area contributed by atoms with Gasteiger partial charge in [0.2, 0.25) is 0 Å². The molecule has 0 unspecified atom stereocenters. The van der Waals surface area contributed by atoms with Crippen LogP contribution in [-0.2, 0) is 27.8 Å². The summed E-state index contributed by atoms with van der Waals surface area (Å²) in [5.41, 5.74) is 2.11. The van der Waals surface area contributed by atoms with Crippen molar-refractivity contribution in [3.05, 3.63) is 77.7 Å². The molecular weight excluding hydrogens is 405 g/mol. The molecule has 0 bridgehead atoms. The normalized spacial score (nSPS) is 11.7. The Morgan fingerprint density at radius 3 is 2.57 bits per heavy atom. The second kappa shape index (κ2) is 9.99. The molecule has 0 spiro atoms. The molecule has 3 rings (SSSR count). The first-order valence-electron chi connectivity index (χ1n) is 9.62. The molecule has 0 aliphatic carbocycles. The Bertz CT molecular complexity index is 1100. The fourth-order valence-corrected chi connectivity index (χ4v) is 4.66. The van der Waals surface area contributed by atoms with E-state index in [-0.39, 0.29) is 10.5 Å². The summed E-state index contributed by atoms with van der Waals surface area (Å²) >= 11 is 0. The van der Waals surface area contributed by atoms with Gasteiger partial charge in [-0.2, -0.15) is 0 Å². The van der Waals surface area contributed by atoms with Gasteiger partial charge in [-0.25, -0.2) is 16.8 Å². The Morgan fingerprint density at radius 1 is 1.03 bits per heavy atom. The molecule has 0 atom stereocenters. The fraction of sp³-hybridized carbons (Fsp3) is 0.273. The number of methoxy groups -OCH3 is 1. The van der Waals surface area contributed by atoms with E-state index in [2.05, 4.69) is 10.6 Å². The van der Waals surface area contributed by atoms with E-state index in [0.717, 1.165) is 15.1 Å². The van der Waals surface area contributed by atoms with Crippen LogP contribution in [0.2, 0.25) is 0 Å². The van der Waals surface area contributed by atoms with Crippen molar-refractivity contribution in [3.63, 3.8) is 0 Å². The van der Waals surface area contributed by atoms with Gasteiger partial charge in [0.1, 0.15) is 5.82 Å². The molecule has 6 nitrogen and oxygen atoms in total. The van der Waals surface area contributed by atoms with Crippen LogP contribution in [0.15, 0.2) is 65.7 Å². The van der Waals surface area contributed by atoms with Gasteiger partial charge >= 0.3 is 0 Å². The van der Waals surface area contributed by atoms with Crippen molar-refractivity contribution in [3.8, 4) is 11.3 Å². The van der Waals surface area contributed by atoms with Crippen LogP contribution in [0, 0.1) is 5.82 Å². The highest BCUT2D eigenvalue weighted by Gasteiger charge is 2.23. The maximum absolute atomic E-state index is 14.5. The first-order chi connectivity index (χ1) is 14.5. The molecule has 0 radical (unpaired) electrons. The molecule has 0 fully saturated rings. The quantitative estimate of drug-likeness (QED) is 0.483. The topological polar surface area (TPSA) is 72.4 Å². The van der Waals surface area contributed by atoms with Gasteiger partial charge in [0.15, 0.2) is 0 Å². The molecule has 160 valence electrons. The first kappa shape index (κ1) is 22.2. The molecule has 0 saturated heterocycles. The average Bonchev–Trinajstić information content (AvgIpc) is 3.17. The lowest BCUT2D eigenvalue weighted by Crippen LogP contribution is -2.19. The highest BCUT2D eigenvalue weighted by Crippen LogP contribution is 2.29. The molecule has 2 aromatic carbocycles. The number of nitrogens with one attached hydrogen (secondary N) is 2. The summed E-state index contributed by atoms with van der Waals surface area (Å²) < 4.78 is 47.6. The molecule has 1 aromatic heterocycles. The zero-order chi connectivity index (χ0) is 21.6. The average molecular weight is 432 g/mol. The van der Waals surface area contributed by atoms with Crippen molar-refractivity contribution < 1.29 is 17.5 Å². The zero-order valence-electron chi connectivity index (χ0n) is 17.1. The van der Waals surface area contributed by atoms with E-state index in [1.165, 1.54) is 12.3 Å². The Hall–Kier alpha value is -2.52. The molecule has 1 heterocycles. The maximum Gasteiger partial charge on any atom is 0.268 e. The van der Waals surface area contributed by atoms with Crippen LogP contribution in [0.3, 0.4) is 0 Å². The number of aromatic nitrogens is 1. The molecular formula is C22H26FN3O3S. The summed E-state index contributed by atoms with van der Waals surface area (Å²) in [6.07, 6.45) is 1.54. The largest absolute Gasteiger partial charge is 0.383 e. The third kappa shape index (κ3) is 4.96. The van der Waals surface area contributed by atoms with Crippen molar-refractivity contribution in [1.29, 1.82) is 0 Å². The molecule has 30 heavy (non-hydrogen) atoms. The molecule has 0 aliphatic heterocycles. The van der Waals surface area contributed by atoms with Gasteiger partial charge in [0.05, 0.1) is 17.2 Å². The minimum atomic E-state index is -3.92. The van der Waals surface area contributed by atoms with E-state index in [0.29, 0.717) is 31.9 Å². The number of hydrogen-bond donors (Lipinski definition) is 2. The smallest absolute Gasteiger partial charge is 0.268 e. The second-order valence-corrected chi connectivity index (χ2v) is 8.68. The molecule has 2 N–H and O–H groups in total. The number of ether oxygens (including phenoxy) is 1. The fourth-order valence-electron chi connectivity index (χ4n) is 3.20. The van der Waals surface area contributed by atoms with Gasteiger partial charge in [-0.15, -0.1) is 0 Å². The summed E-state index contributed by atoms with van der Waals surface area (Å²) in [5.74, 6) is -0.473. The van der Waals surface area contributed by atoms with E-state index in [1.807, 2.05) is 6.07 Å². The third-order valence-electron chi connectivity index (χ3n) is 4.64. The van der Waals surface area contributed by atoms with E-state index >= 15 is 0 Å². The van der Waals surface area contributed by atoms with Crippen LogP contribution < -0.4 is 10.6 Å². The summed E-state index contributed by atoms with van der Waals surface area (Å²) in [6, 6.07) is 14.6. The van der Waals surface area contributed by atoms with Crippen molar-refractivity contribution in [2.24, 2.45) is 0 Å². The van der Waals surface area contributed by atoms with Gasteiger partial charge in [-0.1, -0.05) is 24.3 Å². The summed E-state index contributed by atoms with van der Waals surface area (Å²) in [5, 5.41) is 6.21. The Balaban J connectivity index is 2.01. The minimum absolute atomic E-state index is 0.151. The lowest BCUT2D eigenvalue weighted by molar-refractivity contribution is 0.199. The number of benzene rings is 2. The second-order valence-electron chi connectivity index (χ2n) is 6.86. The van der Waals surface area contributed by atoms with E-state index in [4.69, 9.17) is 4.74 Å². The van der Waals surface area contributed by atoms with E-state index < -0.39 is 15.8 Å². The van der Waals surface area contributed by atoms with Gasteiger partial charge in [0.25, 0.3) is 10.0 Å². The van der Waals surface area contributed by atoms with Crippen molar-refractivity contribution >= 4 is 10.0 Å². The van der Waals surface area contributed by atoms with Crippen molar-refractivity contribution in [2.45, 2.75) is 18.0 Å². The number of rotatable bonds is 10. The highest BCUT2D eigenvalue weighted by atomic mass is 32.2. The van der Waals surface area contributed by atoms with Crippen LogP contribution in [0.25, 0.3) is 11.3 Å². The zero-order valence-corrected chi connectivity index (χ0v) is 17.9. The Morgan fingerprint density at radius 2 is 1.83 bits per heavy atom. The molecule has 0 saturated carbocycles. The van der Waals surface area contributed by atoms with Crippen LogP contribution in [0.4, 0.5) is 4.39 Å². The standard InChI is InChI=1S/C22H26FN3O3S/c1-24-14-18-13-22(20-8-3-4-9-21(20)23)26(16-18)30(27,28)19-7-5-6-17(12-19)15-25-10-11-29-2/h3-9,12-13,16,24-25H,10-11,14-15H2,1-2H3. The third-order valence-corrected chi connectivity index (χ3v) is 6.31. The lowest BCUT2D eigenvalue weighted by atomic mass is 10.1. The van der Waals surface area contributed by atoms with Crippen molar-refractivity contribution in [1.82, 2.24) is 14.6 Å². The number of halogens is 1. The monoisotopic (exact) mass is 431 g/mol. The van der Waals surface area contributed by atoms with Gasteiger partial charge < -0.3 is 15.4 Å². The van der Waals surface area contributed by atoms with Gasteiger partial charge in [0, 0.05) is 38.5 Å². The lowest BCUT2D eigenvalue weighted by Gasteiger charge is -2.12. The molecule has 0 aliphatic rings. The Kier molecular flexibility index (Phi) is 7.38. The van der Waals surface area contributed by atoms with Crippen LogP contribution in [0.5, 0.6) is 0 Å². The van der Waals surface area contributed by atoms with Gasteiger partial charge in [-0.05, 0) is 48.5 Å². The van der Waals surface area contributed by atoms with E-state index in [9.17, 15) is 12.8 Å². The maximum atomic E-state index is 14.5. The SMILES string of the molecule is CNCc1cc(-c2ccccc2F)n(S(=O)(=O)c2cccc(CNCCOC)c2)c1. The summed E-state index contributed by atoms with van der Waals surface area (Å²) in [7, 11) is -0.521. The van der Waals surface area contributed by atoms with E-state index in [1.54, 1.807) is 56.6 Å². The van der Waals surface area contributed by atoms with Gasteiger partial charge in [-0.3, -0.25) is 0 Å².